The van der Waals surface area contributed by atoms with Crippen molar-refractivity contribution in [3.05, 3.63) is 25.3 Å². The summed E-state index contributed by atoms with van der Waals surface area (Å²) in [5.74, 6) is -0.134. The van der Waals surface area contributed by atoms with Gasteiger partial charge in [-0.25, -0.2) is 0 Å². The van der Waals surface area contributed by atoms with E-state index >= 15 is 0 Å². The van der Waals surface area contributed by atoms with Crippen LogP contribution in [0.3, 0.4) is 0 Å². The van der Waals surface area contributed by atoms with E-state index in [9.17, 15) is 9.59 Å². The molecule has 4 heteroatoms. The van der Waals surface area contributed by atoms with Crippen LogP contribution in [0, 0.1) is 5.92 Å². The van der Waals surface area contributed by atoms with Gasteiger partial charge in [0.25, 0.3) is 0 Å². The molecule has 2 atom stereocenters. The zero-order chi connectivity index (χ0) is 16.3. The molecular weight excluding hydrogens is 264 g/mol. The Labute approximate surface area is 129 Å². The van der Waals surface area contributed by atoms with Crippen LogP contribution in [0.25, 0.3) is 0 Å². The number of amides is 2. The Hall–Kier alpha value is -1.58. The molecule has 0 fully saturated rings. The van der Waals surface area contributed by atoms with Crippen molar-refractivity contribution in [2.24, 2.45) is 5.92 Å². The lowest BCUT2D eigenvalue weighted by Gasteiger charge is -2.25. The van der Waals surface area contributed by atoms with Crippen LogP contribution >= 0.6 is 0 Å². The predicted molar refractivity (Wildman–Crippen MR) is 87.9 cm³/mol. The number of carbonyl (C=O) groups excluding carboxylic acids is 2. The van der Waals surface area contributed by atoms with Crippen LogP contribution in [0.1, 0.15) is 46.5 Å². The minimum atomic E-state index is -0.520. The molecule has 0 aromatic carbocycles. The second-order valence-electron chi connectivity index (χ2n) is 5.30. The molecule has 0 aromatic heterocycles. The van der Waals surface area contributed by atoms with Gasteiger partial charge in [0.2, 0.25) is 11.8 Å². The van der Waals surface area contributed by atoms with E-state index in [1.54, 1.807) is 24.0 Å². The highest BCUT2D eigenvalue weighted by molar-refractivity contribution is 5.88. The van der Waals surface area contributed by atoms with Crippen LogP contribution in [0.4, 0.5) is 0 Å². The smallest absolute Gasteiger partial charge is 0.245 e. The summed E-state index contributed by atoms with van der Waals surface area (Å²) in [6.45, 7) is 14.0. The lowest BCUT2D eigenvalue weighted by atomic mass is 9.98. The largest absolute Gasteiger partial charge is 0.344 e. The molecule has 0 saturated heterocycles. The molecule has 0 aromatic rings. The topological polar surface area (TPSA) is 49.4 Å². The highest BCUT2D eigenvalue weighted by Crippen LogP contribution is 2.13. The van der Waals surface area contributed by atoms with E-state index in [-0.39, 0.29) is 17.7 Å². The van der Waals surface area contributed by atoms with Gasteiger partial charge in [0.1, 0.15) is 6.04 Å². The quantitative estimate of drug-likeness (QED) is 0.596. The number of hydrogen-bond donors (Lipinski definition) is 1. The number of hydrogen-bond acceptors (Lipinski definition) is 2. The summed E-state index contributed by atoms with van der Waals surface area (Å²) >= 11 is 0. The number of nitrogens with zero attached hydrogens (tertiary/aromatic N) is 1. The predicted octanol–water partition coefficient (Wildman–Crippen LogP) is 2.91. The standard InChI is InChI=1S/C17H30N2O2/c1-6-10-11-15(9-4)16(20)18-14(5)17(21)19(12-7-2)13-8-3/h7-8,14-15H,2-3,6,9-13H2,1,4-5H3,(H,18,20). The third kappa shape index (κ3) is 7.11. The highest BCUT2D eigenvalue weighted by Gasteiger charge is 2.23. The third-order valence-corrected chi connectivity index (χ3v) is 3.51. The maximum Gasteiger partial charge on any atom is 0.245 e. The van der Waals surface area contributed by atoms with Gasteiger partial charge in [-0.15, -0.1) is 13.2 Å². The molecule has 0 rings (SSSR count). The molecule has 0 saturated carbocycles. The molecule has 2 amide bonds. The molecule has 0 bridgehead atoms. The molecule has 120 valence electrons. The number of unbranched alkanes of at least 4 members (excludes halogenated alkanes) is 1. The average molecular weight is 294 g/mol. The van der Waals surface area contributed by atoms with E-state index < -0.39 is 6.04 Å². The van der Waals surface area contributed by atoms with Crippen molar-refractivity contribution >= 4 is 11.8 Å². The molecule has 0 aliphatic rings. The van der Waals surface area contributed by atoms with Crippen LogP contribution in [0.2, 0.25) is 0 Å². The Balaban J connectivity index is 4.58. The summed E-state index contributed by atoms with van der Waals surface area (Å²) in [6, 6.07) is -0.520. The summed E-state index contributed by atoms with van der Waals surface area (Å²) in [7, 11) is 0. The zero-order valence-electron chi connectivity index (χ0n) is 13.7. The van der Waals surface area contributed by atoms with Gasteiger partial charge in [0, 0.05) is 19.0 Å². The molecule has 2 unspecified atom stereocenters. The third-order valence-electron chi connectivity index (χ3n) is 3.51. The minimum Gasteiger partial charge on any atom is -0.344 e. The van der Waals surface area contributed by atoms with Gasteiger partial charge in [-0.05, 0) is 19.8 Å². The van der Waals surface area contributed by atoms with Gasteiger partial charge in [-0.1, -0.05) is 38.8 Å². The van der Waals surface area contributed by atoms with Crippen molar-refractivity contribution < 1.29 is 9.59 Å². The van der Waals surface area contributed by atoms with E-state index in [0.717, 1.165) is 25.7 Å². The normalized spacial score (nSPS) is 13.1. The van der Waals surface area contributed by atoms with Gasteiger partial charge < -0.3 is 10.2 Å². The summed E-state index contributed by atoms with van der Waals surface area (Å²) in [5.41, 5.74) is 0. The maximum absolute atomic E-state index is 12.3. The molecule has 0 radical (unpaired) electrons. The van der Waals surface area contributed by atoms with E-state index in [0.29, 0.717) is 13.1 Å². The zero-order valence-corrected chi connectivity index (χ0v) is 13.7. The first-order valence-corrected chi connectivity index (χ1v) is 7.82. The maximum atomic E-state index is 12.3. The van der Waals surface area contributed by atoms with Crippen molar-refractivity contribution in [3.8, 4) is 0 Å². The van der Waals surface area contributed by atoms with Crippen LogP contribution < -0.4 is 5.32 Å². The van der Waals surface area contributed by atoms with Crippen molar-refractivity contribution in [1.29, 1.82) is 0 Å². The van der Waals surface area contributed by atoms with E-state index in [1.165, 1.54) is 0 Å². The molecule has 0 spiro atoms. The number of rotatable bonds is 11. The average Bonchev–Trinajstić information content (AvgIpc) is 2.47. The summed E-state index contributed by atoms with van der Waals surface area (Å²) < 4.78 is 0. The second kappa shape index (κ2) is 11.1. The fraction of sp³-hybridized carbons (Fsp3) is 0.647. The van der Waals surface area contributed by atoms with Gasteiger partial charge in [-0.2, -0.15) is 0 Å². The Bertz CT molecular complexity index is 343. The fourth-order valence-electron chi connectivity index (χ4n) is 2.20. The Morgan fingerprint density at radius 2 is 1.76 bits per heavy atom. The van der Waals surface area contributed by atoms with Crippen molar-refractivity contribution in [2.75, 3.05) is 13.1 Å². The first-order chi connectivity index (χ1) is 10.0. The Kier molecular flexibility index (Phi) is 10.3. The second-order valence-corrected chi connectivity index (χ2v) is 5.30. The van der Waals surface area contributed by atoms with Crippen LogP contribution in [-0.4, -0.2) is 35.8 Å². The monoisotopic (exact) mass is 294 g/mol. The molecule has 4 nitrogen and oxygen atoms in total. The summed E-state index contributed by atoms with van der Waals surface area (Å²) in [5, 5.41) is 2.84. The molecular formula is C17H30N2O2. The van der Waals surface area contributed by atoms with Crippen molar-refractivity contribution in [1.82, 2.24) is 10.2 Å². The molecule has 0 aliphatic heterocycles. The first kappa shape index (κ1) is 19.4. The van der Waals surface area contributed by atoms with Gasteiger partial charge in [-0.3, -0.25) is 9.59 Å². The molecule has 0 heterocycles. The SMILES string of the molecule is C=CCN(CC=C)C(=O)C(C)NC(=O)C(CC)CCCC. The minimum absolute atomic E-state index is 0.00698. The summed E-state index contributed by atoms with van der Waals surface area (Å²) in [4.78, 5) is 26.1. The van der Waals surface area contributed by atoms with E-state index in [1.807, 2.05) is 6.92 Å². The summed E-state index contributed by atoms with van der Waals surface area (Å²) in [6.07, 6.45) is 7.13. The first-order valence-electron chi connectivity index (χ1n) is 7.82. The molecule has 1 N–H and O–H groups in total. The lowest BCUT2D eigenvalue weighted by Crippen LogP contribution is -2.48. The number of carbonyl (C=O) groups is 2. The molecule has 0 aliphatic carbocycles. The fourth-order valence-corrected chi connectivity index (χ4v) is 2.20. The van der Waals surface area contributed by atoms with Crippen molar-refractivity contribution in [3.63, 3.8) is 0 Å². The van der Waals surface area contributed by atoms with E-state index in [2.05, 4.69) is 25.4 Å². The van der Waals surface area contributed by atoms with Gasteiger partial charge in [0.05, 0.1) is 0 Å². The van der Waals surface area contributed by atoms with Crippen molar-refractivity contribution in [2.45, 2.75) is 52.5 Å². The van der Waals surface area contributed by atoms with Crippen LogP contribution in [-0.2, 0) is 9.59 Å². The molecule has 21 heavy (non-hydrogen) atoms. The Morgan fingerprint density at radius 1 is 1.19 bits per heavy atom. The van der Waals surface area contributed by atoms with E-state index in [4.69, 9.17) is 0 Å². The van der Waals surface area contributed by atoms with Gasteiger partial charge >= 0.3 is 0 Å². The van der Waals surface area contributed by atoms with Crippen LogP contribution in [0.5, 0.6) is 0 Å². The van der Waals surface area contributed by atoms with Gasteiger partial charge in [0.15, 0.2) is 0 Å². The number of nitrogens with one attached hydrogen (secondary N) is 1. The Morgan fingerprint density at radius 3 is 2.19 bits per heavy atom. The van der Waals surface area contributed by atoms with Crippen LogP contribution in [0.15, 0.2) is 25.3 Å². The lowest BCUT2D eigenvalue weighted by molar-refractivity contribution is -0.136. The highest BCUT2D eigenvalue weighted by atomic mass is 16.2.